The Bertz CT molecular complexity index is 1580. The molecule has 0 bridgehead atoms. The van der Waals surface area contributed by atoms with E-state index in [0.717, 1.165) is 26.2 Å². The fourth-order valence-corrected chi connectivity index (χ4v) is 4.55. The van der Waals surface area contributed by atoms with Crippen LogP contribution in [0.3, 0.4) is 0 Å². The summed E-state index contributed by atoms with van der Waals surface area (Å²) < 4.78 is 18.7. The summed E-state index contributed by atoms with van der Waals surface area (Å²) in [5.74, 6) is 6.22. The molecule has 34 heavy (non-hydrogen) atoms. The number of benzene rings is 2. The van der Waals surface area contributed by atoms with Gasteiger partial charge in [0.25, 0.3) is 5.56 Å². The number of halogens is 1. The van der Waals surface area contributed by atoms with Crippen LogP contribution < -0.4 is 21.5 Å². The highest BCUT2D eigenvalue weighted by Gasteiger charge is 2.24. The van der Waals surface area contributed by atoms with Crippen molar-refractivity contribution < 1.29 is 4.39 Å². The van der Waals surface area contributed by atoms with E-state index in [1.807, 2.05) is 6.07 Å². The second-order valence-corrected chi connectivity index (χ2v) is 8.32. The smallest absolute Gasteiger partial charge is 0.332 e. The molecule has 5 rings (SSSR count). The molecule has 1 aliphatic rings. The van der Waals surface area contributed by atoms with E-state index in [2.05, 4.69) is 22.1 Å². The molecule has 0 aliphatic carbocycles. The molecule has 1 aliphatic heterocycles. The Morgan fingerprint density at radius 1 is 1.06 bits per heavy atom. The second-order valence-electron chi connectivity index (χ2n) is 8.32. The van der Waals surface area contributed by atoms with Gasteiger partial charge in [-0.3, -0.25) is 18.5 Å². The maximum atomic E-state index is 14.3. The van der Waals surface area contributed by atoms with Crippen molar-refractivity contribution in [3.8, 4) is 11.8 Å². The maximum absolute atomic E-state index is 14.3. The van der Waals surface area contributed by atoms with Crippen LogP contribution >= 0.6 is 0 Å². The van der Waals surface area contributed by atoms with Crippen molar-refractivity contribution in [2.45, 2.75) is 20.0 Å². The van der Waals surface area contributed by atoms with Crippen LogP contribution in [0.15, 0.2) is 46.0 Å². The third-order valence-corrected chi connectivity index (χ3v) is 6.32. The van der Waals surface area contributed by atoms with Gasteiger partial charge < -0.3 is 10.2 Å². The molecular formula is C25H25FN6O2. The van der Waals surface area contributed by atoms with Crippen LogP contribution in [0.5, 0.6) is 0 Å². The normalized spacial score (nSPS) is 13.9. The molecule has 8 nitrogen and oxygen atoms in total. The van der Waals surface area contributed by atoms with Gasteiger partial charge in [0, 0.05) is 38.6 Å². The Kier molecular flexibility index (Phi) is 5.67. The van der Waals surface area contributed by atoms with E-state index in [-0.39, 0.29) is 12.4 Å². The number of nitrogens with zero attached hydrogens (tertiary/aromatic N) is 5. The second kappa shape index (κ2) is 8.80. The van der Waals surface area contributed by atoms with E-state index >= 15 is 0 Å². The monoisotopic (exact) mass is 460 g/mol. The first-order valence-electron chi connectivity index (χ1n) is 11.2. The predicted molar refractivity (Wildman–Crippen MR) is 131 cm³/mol. The molecule has 3 heterocycles. The van der Waals surface area contributed by atoms with E-state index in [1.165, 1.54) is 15.2 Å². The molecule has 1 N–H and O–H groups in total. The number of fused-ring (bicyclic) bond motifs is 2. The van der Waals surface area contributed by atoms with Crippen LogP contribution in [0.1, 0.15) is 12.5 Å². The summed E-state index contributed by atoms with van der Waals surface area (Å²) >= 11 is 0. The molecule has 2 aromatic heterocycles. The molecule has 1 saturated heterocycles. The van der Waals surface area contributed by atoms with E-state index < -0.39 is 11.2 Å². The quantitative estimate of drug-likeness (QED) is 0.469. The van der Waals surface area contributed by atoms with E-state index in [9.17, 15) is 14.0 Å². The molecule has 0 saturated carbocycles. The van der Waals surface area contributed by atoms with Gasteiger partial charge in [-0.05, 0) is 23.9 Å². The fourth-order valence-electron chi connectivity index (χ4n) is 4.55. The molecule has 0 atom stereocenters. The summed E-state index contributed by atoms with van der Waals surface area (Å²) in [6.07, 6.45) is 0. The summed E-state index contributed by atoms with van der Waals surface area (Å²) in [4.78, 5) is 33.8. The SMILES string of the molecule is CC#CCn1c(N2CCNCC2)nc2c1c(=O)n(Cc1ccc(F)c3ccccc13)c(=O)n2C. The molecule has 9 heteroatoms. The molecule has 2 aromatic carbocycles. The van der Waals surface area contributed by atoms with Crippen molar-refractivity contribution in [1.82, 2.24) is 24.0 Å². The van der Waals surface area contributed by atoms with Gasteiger partial charge in [-0.1, -0.05) is 36.3 Å². The Labute approximate surface area is 195 Å². The van der Waals surface area contributed by atoms with Crippen LogP contribution in [0, 0.1) is 17.7 Å². The summed E-state index contributed by atoms with van der Waals surface area (Å²) in [5.41, 5.74) is 0.464. The summed E-state index contributed by atoms with van der Waals surface area (Å²) in [6.45, 7) is 5.17. The topological polar surface area (TPSA) is 77.1 Å². The van der Waals surface area contributed by atoms with Gasteiger partial charge in [0.05, 0.1) is 13.1 Å². The molecule has 0 radical (unpaired) electrons. The Balaban J connectivity index is 1.73. The summed E-state index contributed by atoms with van der Waals surface area (Å²) in [5, 5.41) is 4.44. The van der Waals surface area contributed by atoms with Crippen molar-refractivity contribution in [2.75, 3.05) is 31.1 Å². The van der Waals surface area contributed by atoms with Crippen molar-refractivity contribution in [3.05, 3.63) is 68.6 Å². The van der Waals surface area contributed by atoms with Gasteiger partial charge in [-0.15, -0.1) is 5.92 Å². The molecule has 4 aromatic rings. The van der Waals surface area contributed by atoms with Crippen LogP contribution in [-0.4, -0.2) is 44.9 Å². The number of anilines is 1. The van der Waals surface area contributed by atoms with E-state index in [1.54, 1.807) is 42.8 Å². The number of rotatable bonds is 4. The Hall–Kier alpha value is -3.90. The van der Waals surface area contributed by atoms with Crippen LogP contribution in [0.4, 0.5) is 10.3 Å². The van der Waals surface area contributed by atoms with Crippen LogP contribution in [0.2, 0.25) is 0 Å². The van der Waals surface area contributed by atoms with Gasteiger partial charge >= 0.3 is 5.69 Å². The number of nitrogens with one attached hydrogen (secondary N) is 1. The lowest BCUT2D eigenvalue weighted by atomic mass is 10.0. The Morgan fingerprint density at radius 3 is 2.53 bits per heavy atom. The lowest BCUT2D eigenvalue weighted by molar-refractivity contribution is 0.572. The highest BCUT2D eigenvalue weighted by Crippen LogP contribution is 2.23. The zero-order valence-electron chi connectivity index (χ0n) is 19.1. The number of hydrogen-bond donors (Lipinski definition) is 1. The van der Waals surface area contributed by atoms with Crippen molar-refractivity contribution >= 4 is 27.9 Å². The average Bonchev–Trinajstić information content (AvgIpc) is 3.25. The highest BCUT2D eigenvalue weighted by atomic mass is 19.1. The lowest BCUT2D eigenvalue weighted by Gasteiger charge is -2.28. The van der Waals surface area contributed by atoms with Gasteiger partial charge in [-0.25, -0.2) is 9.18 Å². The first-order valence-corrected chi connectivity index (χ1v) is 11.2. The first-order chi connectivity index (χ1) is 16.5. The van der Waals surface area contributed by atoms with Gasteiger partial charge in [0.2, 0.25) is 5.95 Å². The van der Waals surface area contributed by atoms with Crippen molar-refractivity contribution in [3.63, 3.8) is 0 Å². The molecule has 174 valence electrons. The van der Waals surface area contributed by atoms with Gasteiger partial charge in [0.1, 0.15) is 5.82 Å². The molecule has 1 fully saturated rings. The minimum atomic E-state index is -0.469. The first kappa shape index (κ1) is 21.9. The fraction of sp³-hybridized carbons (Fsp3) is 0.320. The summed E-state index contributed by atoms with van der Waals surface area (Å²) in [6, 6.07) is 10.1. The maximum Gasteiger partial charge on any atom is 0.332 e. The number of imidazole rings is 1. The Morgan fingerprint density at radius 2 is 1.79 bits per heavy atom. The third kappa shape index (κ3) is 3.56. The van der Waals surface area contributed by atoms with Gasteiger partial charge in [0.15, 0.2) is 11.2 Å². The largest absolute Gasteiger partial charge is 0.340 e. The minimum absolute atomic E-state index is 0.0237. The van der Waals surface area contributed by atoms with Crippen LogP contribution in [-0.2, 0) is 20.1 Å². The van der Waals surface area contributed by atoms with Gasteiger partial charge in [-0.2, -0.15) is 4.98 Å². The van der Waals surface area contributed by atoms with Crippen molar-refractivity contribution in [2.24, 2.45) is 7.05 Å². The van der Waals surface area contributed by atoms with E-state index in [0.29, 0.717) is 40.0 Å². The number of aryl methyl sites for hydroxylation is 1. The minimum Gasteiger partial charge on any atom is -0.340 e. The molecule has 0 spiro atoms. The number of aromatic nitrogens is 4. The van der Waals surface area contributed by atoms with E-state index in [4.69, 9.17) is 4.98 Å². The average molecular weight is 461 g/mol. The predicted octanol–water partition coefficient (Wildman–Crippen LogP) is 1.67. The van der Waals surface area contributed by atoms with Crippen molar-refractivity contribution in [1.29, 1.82) is 0 Å². The number of piperazine rings is 1. The highest BCUT2D eigenvalue weighted by molar-refractivity contribution is 5.86. The molecule has 0 amide bonds. The third-order valence-electron chi connectivity index (χ3n) is 6.32. The molecular weight excluding hydrogens is 435 g/mol. The zero-order chi connectivity index (χ0) is 23.8. The number of hydrogen-bond acceptors (Lipinski definition) is 5. The molecule has 0 unspecified atom stereocenters. The zero-order valence-corrected chi connectivity index (χ0v) is 19.1. The van der Waals surface area contributed by atoms with Crippen LogP contribution in [0.25, 0.3) is 21.9 Å². The lowest BCUT2D eigenvalue weighted by Crippen LogP contribution is -2.44. The summed E-state index contributed by atoms with van der Waals surface area (Å²) in [7, 11) is 1.62. The standard InChI is InChI=1S/C25H25FN6O2/c1-3-4-13-31-21-22(28-24(31)30-14-11-27-12-15-30)29(2)25(34)32(23(21)33)16-17-9-10-20(26)19-8-6-5-7-18(17)19/h5-10,27H,11-16H2,1-2H3.